The first-order chi connectivity index (χ1) is 8.09. The molecule has 2 rings (SSSR count). The van der Waals surface area contributed by atoms with Gasteiger partial charge in [-0.2, -0.15) is 0 Å². The van der Waals surface area contributed by atoms with Crippen LogP contribution < -0.4 is 4.90 Å². The molecule has 0 saturated carbocycles. The SMILES string of the molecule is CC1CN(c2ncccc2[C@@H](C)O)C(C)CO1. The van der Waals surface area contributed by atoms with Crippen LogP contribution in [0.2, 0.25) is 0 Å². The fraction of sp³-hybridized carbons (Fsp3) is 0.615. The summed E-state index contributed by atoms with van der Waals surface area (Å²) < 4.78 is 5.61. The van der Waals surface area contributed by atoms with E-state index < -0.39 is 6.10 Å². The maximum absolute atomic E-state index is 9.79. The van der Waals surface area contributed by atoms with Crippen molar-refractivity contribution in [1.82, 2.24) is 4.98 Å². The van der Waals surface area contributed by atoms with Crippen LogP contribution in [0.15, 0.2) is 18.3 Å². The van der Waals surface area contributed by atoms with E-state index in [2.05, 4.69) is 23.7 Å². The average Bonchev–Trinajstić information content (AvgIpc) is 2.32. The molecular weight excluding hydrogens is 216 g/mol. The maximum Gasteiger partial charge on any atom is 0.134 e. The van der Waals surface area contributed by atoms with Crippen molar-refractivity contribution in [2.24, 2.45) is 0 Å². The third-order valence-electron chi connectivity index (χ3n) is 3.15. The minimum Gasteiger partial charge on any atom is -0.389 e. The van der Waals surface area contributed by atoms with Crippen molar-refractivity contribution in [1.29, 1.82) is 0 Å². The van der Waals surface area contributed by atoms with Gasteiger partial charge in [0.25, 0.3) is 0 Å². The summed E-state index contributed by atoms with van der Waals surface area (Å²) in [6.45, 7) is 7.47. The number of aliphatic hydroxyl groups is 1. The Morgan fingerprint density at radius 1 is 1.53 bits per heavy atom. The van der Waals surface area contributed by atoms with Crippen molar-refractivity contribution in [3.05, 3.63) is 23.9 Å². The van der Waals surface area contributed by atoms with Gasteiger partial charge in [0.15, 0.2) is 0 Å². The van der Waals surface area contributed by atoms with E-state index in [1.54, 1.807) is 13.1 Å². The van der Waals surface area contributed by atoms with Crippen LogP contribution >= 0.6 is 0 Å². The highest BCUT2D eigenvalue weighted by atomic mass is 16.5. The van der Waals surface area contributed by atoms with Crippen LogP contribution in [0.5, 0.6) is 0 Å². The minimum absolute atomic E-state index is 0.204. The second kappa shape index (κ2) is 5.02. The molecule has 17 heavy (non-hydrogen) atoms. The number of anilines is 1. The molecule has 0 radical (unpaired) electrons. The summed E-state index contributed by atoms with van der Waals surface area (Å²) in [4.78, 5) is 6.64. The normalized spacial score (nSPS) is 26.9. The molecule has 1 aliphatic rings. The van der Waals surface area contributed by atoms with E-state index in [-0.39, 0.29) is 6.10 Å². The number of pyridine rings is 1. The number of morpholine rings is 1. The van der Waals surface area contributed by atoms with E-state index in [0.29, 0.717) is 12.6 Å². The van der Waals surface area contributed by atoms with Crippen LogP contribution in [0, 0.1) is 0 Å². The molecule has 0 aliphatic carbocycles. The molecule has 0 aromatic carbocycles. The summed E-state index contributed by atoms with van der Waals surface area (Å²) in [5.74, 6) is 0.880. The van der Waals surface area contributed by atoms with Crippen LogP contribution in [0.3, 0.4) is 0 Å². The highest BCUT2D eigenvalue weighted by Gasteiger charge is 2.26. The molecule has 4 heteroatoms. The fourth-order valence-electron chi connectivity index (χ4n) is 2.17. The van der Waals surface area contributed by atoms with Crippen molar-refractivity contribution in [3.8, 4) is 0 Å². The van der Waals surface area contributed by atoms with Crippen LogP contribution in [-0.4, -0.2) is 35.4 Å². The zero-order valence-corrected chi connectivity index (χ0v) is 10.6. The van der Waals surface area contributed by atoms with Crippen LogP contribution in [0.1, 0.15) is 32.4 Å². The molecule has 1 aliphatic heterocycles. The van der Waals surface area contributed by atoms with Gasteiger partial charge < -0.3 is 14.7 Å². The summed E-state index contributed by atoms with van der Waals surface area (Å²) in [7, 11) is 0. The maximum atomic E-state index is 9.79. The van der Waals surface area contributed by atoms with E-state index >= 15 is 0 Å². The highest BCUT2D eigenvalue weighted by molar-refractivity contribution is 5.49. The standard InChI is InChI=1S/C13H20N2O2/c1-9-8-17-10(2)7-15(9)13-12(11(3)16)5-4-6-14-13/h4-6,9-11,16H,7-8H2,1-3H3/t9?,10?,11-/m1/s1. The Bertz CT molecular complexity index is 381. The van der Waals surface area contributed by atoms with E-state index in [9.17, 15) is 5.11 Å². The van der Waals surface area contributed by atoms with Gasteiger partial charge in [-0.3, -0.25) is 0 Å². The number of aliphatic hydroxyl groups excluding tert-OH is 1. The summed E-state index contributed by atoms with van der Waals surface area (Å²) in [5, 5.41) is 9.79. The highest BCUT2D eigenvalue weighted by Crippen LogP contribution is 2.27. The molecular formula is C13H20N2O2. The summed E-state index contributed by atoms with van der Waals surface area (Å²) in [6, 6.07) is 4.08. The molecule has 4 nitrogen and oxygen atoms in total. The van der Waals surface area contributed by atoms with Gasteiger partial charge in [0.2, 0.25) is 0 Å². The van der Waals surface area contributed by atoms with Crippen molar-refractivity contribution < 1.29 is 9.84 Å². The molecule has 0 spiro atoms. The van der Waals surface area contributed by atoms with Gasteiger partial charge >= 0.3 is 0 Å². The number of hydrogen-bond acceptors (Lipinski definition) is 4. The van der Waals surface area contributed by atoms with Crippen molar-refractivity contribution >= 4 is 5.82 Å². The monoisotopic (exact) mass is 236 g/mol. The first-order valence-electron chi connectivity index (χ1n) is 6.10. The van der Waals surface area contributed by atoms with Gasteiger partial charge in [0.05, 0.1) is 24.9 Å². The smallest absolute Gasteiger partial charge is 0.134 e. The zero-order chi connectivity index (χ0) is 12.4. The van der Waals surface area contributed by atoms with Gasteiger partial charge in [0, 0.05) is 18.3 Å². The molecule has 3 atom stereocenters. The lowest BCUT2D eigenvalue weighted by atomic mass is 10.1. The minimum atomic E-state index is -0.496. The van der Waals surface area contributed by atoms with E-state index in [0.717, 1.165) is 17.9 Å². The van der Waals surface area contributed by atoms with E-state index in [1.807, 2.05) is 12.1 Å². The first-order valence-corrected chi connectivity index (χ1v) is 6.10. The number of aromatic nitrogens is 1. The topological polar surface area (TPSA) is 45.6 Å². The molecule has 1 aromatic heterocycles. The molecule has 2 heterocycles. The quantitative estimate of drug-likeness (QED) is 0.849. The van der Waals surface area contributed by atoms with Gasteiger partial charge in [-0.1, -0.05) is 6.07 Å². The lowest BCUT2D eigenvalue weighted by Crippen LogP contribution is -2.48. The predicted octanol–water partition coefficient (Wildman–Crippen LogP) is 1.75. The Morgan fingerprint density at radius 3 is 3.00 bits per heavy atom. The fourth-order valence-corrected chi connectivity index (χ4v) is 2.17. The lowest BCUT2D eigenvalue weighted by molar-refractivity contribution is 0.0337. The van der Waals surface area contributed by atoms with Crippen molar-refractivity contribution in [2.45, 2.75) is 39.0 Å². The third kappa shape index (κ3) is 2.58. The Balaban J connectivity index is 2.31. The van der Waals surface area contributed by atoms with Crippen molar-refractivity contribution in [2.75, 3.05) is 18.1 Å². The number of nitrogens with zero attached hydrogens (tertiary/aromatic N) is 2. The largest absolute Gasteiger partial charge is 0.389 e. The Morgan fingerprint density at radius 2 is 2.29 bits per heavy atom. The number of rotatable bonds is 2. The third-order valence-corrected chi connectivity index (χ3v) is 3.15. The Kier molecular flexibility index (Phi) is 3.64. The van der Waals surface area contributed by atoms with E-state index in [1.165, 1.54) is 0 Å². The van der Waals surface area contributed by atoms with Crippen molar-refractivity contribution in [3.63, 3.8) is 0 Å². The Labute approximate surface area is 102 Å². The van der Waals surface area contributed by atoms with Gasteiger partial charge in [-0.05, 0) is 26.8 Å². The molecule has 1 fully saturated rings. The van der Waals surface area contributed by atoms with Gasteiger partial charge in [0.1, 0.15) is 5.82 Å². The molecule has 1 aromatic rings. The molecule has 0 bridgehead atoms. The zero-order valence-electron chi connectivity index (χ0n) is 10.6. The van der Waals surface area contributed by atoms with Gasteiger partial charge in [-0.15, -0.1) is 0 Å². The predicted molar refractivity (Wildman–Crippen MR) is 67.1 cm³/mol. The molecule has 0 amide bonds. The number of hydrogen-bond donors (Lipinski definition) is 1. The van der Waals surface area contributed by atoms with Crippen LogP contribution in [0.25, 0.3) is 0 Å². The van der Waals surface area contributed by atoms with Gasteiger partial charge in [-0.25, -0.2) is 4.98 Å². The molecule has 1 N–H and O–H groups in total. The second-order valence-electron chi connectivity index (χ2n) is 4.74. The molecule has 94 valence electrons. The second-order valence-corrected chi connectivity index (χ2v) is 4.74. The van der Waals surface area contributed by atoms with Crippen LogP contribution in [0.4, 0.5) is 5.82 Å². The Hall–Kier alpha value is -1.13. The lowest BCUT2D eigenvalue weighted by Gasteiger charge is -2.38. The first kappa shape index (κ1) is 12.3. The molecule has 2 unspecified atom stereocenters. The summed E-state index contributed by atoms with van der Waals surface area (Å²) in [5.41, 5.74) is 0.883. The average molecular weight is 236 g/mol. The summed E-state index contributed by atoms with van der Waals surface area (Å²) in [6.07, 6.45) is 1.48. The summed E-state index contributed by atoms with van der Waals surface area (Å²) >= 11 is 0. The van der Waals surface area contributed by atoms with E-state index in [4.69, 9.17) is 4.74 Å². The van der Waals surface area contributed by atoms with Crippen LogP contribution in [-0.2, 0) is 4.74 Å². The number of ether oxygens (including phenoxy) is 1. The molecule has 1 saturated heterocycles.